The summed E-state index contributed by atoms with van der Waals surface area (Å²) in [5.41, 5.74) is 0. The molecule has 0 bridgehead atoms. The van der Waals surface area contributed by atoms with Gasteiger partial charge in [0.05, 0.1) is 19.3 Å². The number of esters is 1. The summed E-state index contributed by atoms with van der Waals surface area (Å²) in [5.74, 6) is 4.93. The minimum absolute atomic E-state index is 0.0914. The van der Waals surface area contributed by atoms with Crippen LogP contribution in [-0.4, -0.2) is 42.3 Å². The maximum absolute atomic E-state index is 11.1. The summed E-state index contributed by atoms with van der Waals surface area (Å²) in [6.07, 6.45) is 21.3. The second-order valence-corrected chi connectivity index (χ2v) is 7.54. The van der Waals surface area contributed by atoms with Crippen LogP contribution in [0, 0.1) is 11.8 Å². The minimum Gasteiger partial charge on any atom is -0.469 e. The van der Waals surface area contributed by atoms with Gasteiger partial charge in [0.25, 0.3) is 0 Å². The highest BCUT2D eigenvalue weighted by Gasteiger charge is 2.38. The molecule has 1 aliphatic rings. The Morgan fingerprint density at radius 1 is 1.13 bits per heavy atom. The average Bonchev–Trinajstić information content (AvgIpc) is 3.03. The first kappa shape index (κ1) is 26.6. The Bertz CT molecular complexity index is 731. The molecule has 0 aromatic carbocycles. The van der Waals surface area contributed by atoms with E-state index in [4.69, 9.17) is 9.47 Å². The number of carbonyl (C=O) groups excluding carboxylic acids is 1. The van der Waals surface area contributed by atoms with Crippen LogP contribution in [0.1, 0.15) is 52.9 Å². The molecule has 0 aromatic rings. The lowest BCUT2D eigenvalue weighted by Crippen LogP contribution is -2.21. The molecule has 5 nitrogen and oxygen atoms in total. The molecule has 170 valence electrons. The fourth-order valence-corrected chi connectivity index (χ4v) is 2.87. The van der Waals surface area contributed by atoms with Crippen molar-refractivity contribution in [1.82, 2.24) is 0 Å². The van der Waals surface area contributed by atoms with E-state index in [1.165, 1.54) is 7.11 Å². The monoisotopic (exact) mass is 428 g/mol. The molecule has 0 aromatic heterocycles. The predicted octanol–water partition coefficient (Wildman–Crippen LogP) is 4.80. The normalized spacial score (nSPS) is 22.1. The van der Waals surface area contributed by atoms with Gasteiger partial charge in [-0.15, -0.1) is 0 Å². The van der Waals surface area contributed by atoms with Crippen molar-refractivity contribution in [3.63, 3.8) is 0 Å². The first-order valence-corrected chi connectivity index (χ1v) is 10.8. The molecule has 0 spiro atoms. The molecule has 0 aliphatic carbocycles. The number of aliphatic hydroxyl groups is 1. The summed E-state index contributed by atoms with van der Waals surface area (Å²) >= 11 is 0. The maximum Gasteiger partial charge on any atom is 0.305 e. The van der Waals surface area contributed by atoms with Gasteiger partial charge in [-0.1, -0.05) is 61.3 Å². The second-order valence-electron chi connectivity index (χ2n) is 7.54. The standard InChI is InChI=1S/C26H36O5/c1-5-6-12-17-22(27)18-13-9-7-8-10-14-19-23-24(31-26(2,3)30-23)20-15-11-16-21-25(28)29-4/h6,8,10-15,18-19,22-24,27H,5,16-17,20-21H2,1-4H3/b10-8+,12-6-,15-11-,18-13+,19-14+/t22?,23-,24+/m1/s1. The van der Waals surface area contributed by atoms with Crippen LogP contribution in [0.2, 0.25) is 0 Å². The molecule has 0 radical (unpaired) electrons. The van der Waals surface area contributed by atoms with Gasteiger partial charge in [-0.3, -0.25) is 4.79 Å². The van der Waals surface area contributed by atoms with Crippen molar-refractivity contribution in [2.75, 3.05) is 7.11 Å². The van der Waals surface area contributed by atoms with Crippen molar-refractivity contribution in [3.8, 4) is 11.8 Å². The lowest BCUT2D eigenvalue weighted by atomic mass is 10.1. The Hall–Kier alpha value is -2.39. The van der Waals surface area contributed by atoms with E-state index >= 15 is 0 Å². The molecular weight excluding hydrogens is 392 g/mol. The summed E-state index contributed by atoms with van der Waals surface area (Å²) in [6, 6.07) is 0. The van der Waals surface area contributed by atoms with Crippen LogP contribution in [-0.2, 0) is 19.0 Å². The van der Waals surface area contributed by atoms with Crippen molar-refractivity contribution in [2.45, 2.75) is 77.0 Å². The van der Waals surface area contributed by atoms with Gasteiger partial charge >= 0.3 is 5.97 Å². The Balaban J connectivity index is 2.46. The van der Waals surface area contributed by atoms with Crippen LogP contribution in [0.25, 0.3) is 0 Å². The lowest BCUT2D eigenvalue weighted by Gasteiger charge is -2.16. The van der Waals surface area contributed by atoms with Crippen LogP contribution >= 0.6 is 0 Å². The SMILES string of the molecule is CC/C=C\CC(O)/C=C/C#C/C=C/C=C/[C@H]1OC(C)(C)O[C@H]1C/C=C\CCC(=O)OC. The Morgan fingerprint density at radius 2 is 1.90 bits per heavy atom. The van der Waals surface area contributed by atoms with E-state index in [0.717, 1.165) is 6.42 Å². The van der Waals surface area contributed by atoms with Crippen LogP contribution in [0.15, 0.2) is 60.8 Å². The summed E-state index contributed by atoms with van der Waals surface area (Å²) in [4.78, 5) is 11.1. The Kier molecular flexibility index (Phi) is 13.3. The summed E-state index contributed by atoms with van der Waals surface area (Å²) in [5, 5.41) is 9.75. The number of aliphatic hydroxyl groups excluding tert-OH is 1. The van der Waals surface area contributed by atoms with E-state index in [0.29, 0.717) is 25.7 Å². The maximum atomic E-state index is 11.1. The average molecular weight is 429 g/mol. The van der Waals surface area contributed by atoms with E-state index in [-0.39, 0.29) is 18.2 Å². The lowest BCUT2D eigenvalue weighted by molar-refractivity contribution is -0.142. The van der Waals surface area contributed by atoms with Crippen molar-refractivity contribution < 1.29 is 24.1 Å². The summed E-state index contributed by atoms with van der Waals surface area (Å²) < 4.78 is 16.6. The second kappa shape index (κ2) is 15.4. The highest BCUT2D eigenvalue weighted by Crippen LogP contribution is 2.30. The van der Waals surface area contributed by atoms with Crippen molar-refractivity contribution in [2.24, 2.45) is 0 Å². The van der Waals surface area contributed by atoms with E-state index in [1.54, 1.807) is 18.2 Å². The number of ether oxygens (including phenoxy) is 3. The molecule has 1 unspecified atom stereocenters. The number of allylic oxidation sites excluding steroid dienone is 6. The van der Waals surface area contributed by atoms with Gasteiger partial charge in [-0.25, -0.2) is 0 Å². The van der Waals surface area contributed by atoms with Gasteiger partial charge in [0.1, 0.15) is 6.10 Å². The quantitative estimate of drug-likeness (QED) is 0.222. The van der Waals surface area contributed by atoms with Crippen molar-refractivity contribution >= 4 is 5.97 Å². The molecule has 1 saturated heterocycles. The van der Waals surface area contributed by atoms with Gasteiger partial charge < -0.3 is 19.3 Å². The van der Waals surface area contributed by atoms with Crippen LogP contribution in [0.4, 0.5) is 0 Å². The molecule has 0 saturated carbocycles. The summed E-state index contributed by atoms with van der Waals surface area (Å²) in [6.45, 7) is 5.86. The topological polar surface area (TPSA) is 65.0 Å². The summed E-state index contributed by atoms with van der Waals surface area (Å²) in [7, 11) is 1.39. The molecule has 1 rings (SSSR count). The number of hydrogen-bond donors (Lipinski definition) is 1. The molecule has 3 atom stereocenters. The van der Waals surface area contributed by atoms with Crippen LogP contribution in [0.5, 0.6) is 0 Å². The van der Waals surface area contributed by atoms with Gasteiger partial charge in [0.2, 0.25) is 0 Å². The van der Waals surface area contributed by atoms with Gasteiger partial charge in [-0.2, -0.15) is 0 Å². The van der Waals surface area contributed by atoms with E-state index in [1.807, 2.05) is 56.4 Å². The zero-order valence-corrected chi connectivity index (χ0v) is 19.1. The zero-order chi connectivity index (χ0) is 23.0. The highest BCUT2D eigenvalue weighted by atomic mass is 16.7. The third-order valence-electron chi connectivity index (χ3n) is 4.36. The number of hydrogen-bond acceptors (Lipinski definition) is 5. The zero-order valence-electron chi connectivity index (χ0n) is 19.1. The molecule has 1 aliphatic heterocycles. The Morgan fingerprint density at radius 3 is 2.65 bits per heavy atom. The molecule has 1 N–H and O–H groups in total. The van der Waals surface area contributed by atoms with Crippen LogP contribution in [0.3, 0.4) is 0 Å². The Labute approximate surface area is 187 Å². The molecule has 0 amide bonds. The van der Waals surface area contributed by atoms with E-state index in [2.05, 4.69) is 23.5 Å². The van der Waals surface area contributed by atoms with E-state index < -0.39 is 11.9 Å². The first-order valence-electron chi connectivity index (χ1n) is 10.8. The van der Waals surface area contributed by atoms with Crippen molar-refractivity contribution in [1.29, 1.82) is 0 Å². The van der Waals surface area contributed by atoms with Crippen molar-refractivity contribution in [3.05, 3.63) is 60.8 Å². The molecular formula is C26H36O5. The minimum atomic E-state index is -0.638. The number of methoxy groups -OCH3 is 1. The highest BCUT2D eigenvalue weighted by molar-refractivity contribution is 5.69. The van der Waals surface area contributed by atoms with Crippen LogP contribution < -0.4 is 0 Å². The van der Waals surface area contributed by atoms with Gasteiger partial charge in [0, 0.05) is 6.42 Å². The number of rotatable bonds is 11. The van der Waals surface area contributed by atoms with Gasteiger partial charge in [-0.05, 0) is 57.8 Å². The van der Waals surface area contributed by atoms with E-state index in [9.17, 15) is 9.90 Å². The molecule has 1 heterocycles. The first-order chi connectivity index (χ1) is 14.9. The fraction of sp³-hybridized carbons (Fsp3) is 0.500. The third kappa shape index (κ3) is 12.8. The molecule has 1 fully saturated rings. The largest absolute Gasteiger partial charge is 0.469 e. The smallest absolute Gasteiger partial charge is 0.305 e. The van der Waals surface area contributed by atoms with Gasteiger partial charge in [0.15, 0.2) is 5.79 Å². The molecule has 5 heteroatoms. The third-order valence-corrected chi connectivity index (χ3v) is 4.36. The fourth-order valence-electron chi connectivity index (χ4n) is 2.87. The predicted molar refractivity (Wildman–Crippen MR) is 124 cm³/mol. The number of carbonyl (C=O) groups is 1. The molecule has 31 heavy (non-hydrogen) atoms.